The first-order valence-corrected chi connectivity index (χ1v) is 7.95. The molecule has 6 nitrogen and oxygen atoms in total. The van der Waals surface area contributed by atoms with Crippen molar-refractivity contribution < 1.29 is 31.1 Å². The summed E-state index contributed by atoms with van der Waals surface area (Å²) < 4.78 is 75.9. The van der Waals surface area contributed by atoms with Crippen LogP contribution in [0.4, 0.5) is 32.0 Å². The van der Waals surface area contributed by atoms with Gasteiger partial charge in [0.25, 0.3) is 0 Å². The van der Waals surface area contributed by atoms with Crippen LogP contribution in [0.15, 0.2) is 48.5 Å². The molecule has 0 aliphatic rings. The van der Waals surface area contributed by atoms with Crippen LogP contribution in [0.1, 0.15) is 11.1 Å². The number of nitrogens with zero attached hydrogens (tertiary/aromatic N) is 4. The van der Waals surface area contributed by atoms with Crippen molar-refractivity contribution in [3.63, 3.8) is 0 Å². The topological polar surface area (TPSA) is 72.7 Å². The first kappa shape index (κ1) is 20.3. The number of carbonyl (C=O) groups excluding carboxylic acids is 1. The molecule has 152 valence electrons. The minimum absolute atomic E-state index is 0.0641. The lowest BCUT2D eigenvalue weighted by molar-refractivity contribution is -0.138. The number of nitrogens with one attached hydrogen (secondary N) is 1. The van der Waals surface area contributed by atoms with Crippen LogP contribution in [-0.2, 0) is 23.7 Å². The van der Waals surface area contributed by atoms with E-state index < -0.39 is 35.9 Å². The number of rotatable bonds is 4. The summed E-state index contributed by atoms with van der Waals surface area (Å²) >= 11 is 0. The highest BCUT2D eigenvalue weighted by Gasteiger charge is 2.31. The van der Waals surface area contributed by atoms with Crippen molar-refractivity contribution in [2.45, 2.75) is 18.9 Å². The third-order valence-corrected chi connectivity index (χ3v) is 3.68. The zero-order valence-electron chi connectivity index (χ0n) is 14.3. The summed E-state index contributed by atoms with van der Waals surface area (Å²) in [7, 11) is 0. The van der Waals surface area contributed by atoms with Crippen LogP contribution in [0.3, 0.4) is 0 Å². The second-order valence-corrected chi connectivity index (χ2v) is 5.85. The van der Waals surface area contributed by atoms with Crippen molar-refractivity contribution in [3.05, 3.63) is 59.7 Å². The van der Waals surface area contributed by atoms with Crippen molar-refractivity contribution in [1.29, 1.82) is 0 Å². The van der Waals surface area contributed by atoms with Crippen LogP contribution >= 0.6 is 0 Å². The molecule has 0 atom stereocenters. The molecule has 0 saturated heterocycles. The summed E-state index contributed by atoms with van der Waals surface area (Å²) in [5.41, 5.74) is -1.55. The average molecular weight is 415 g/mol. The molecule has 0 saturated carbocycles. The Morgan fingerprint density at radius 2 is 1.59 bits per heavy atom. The number of halogens is 6. The second-order valence-electron chi connectivity index (χ2n) is 5.85. The summed E-state index contributed by atoms with van der Waals surface area (Å²) in [5, 5.41) is 13.4. The molecule has 12 heteroatoms. The molecular weight excluding hydrogens is 404 g/mol. The Balaban J connectivity index is 1.66. The lowest BCUT2D eigenvalue weighted by atomic mass is 10.1. The van der Waals surface area contributed by atoms with Crippen LogP contribution in [0.2, 0.25) is 0 Å². The highest BCUT2D eigenvalue weighted by molar-refractivity contribution is 5.90. The van der Waals surface area contributed by atoms with Crippen molar-refractivity contribution >= 4 is 11.6 Å². The normalized spacial score (nSPS) is 12.1. The molecule has 3 aromatic rings. The summed E-state index contributed by atoms with van der Waals surface area (Å²) in [6.45, 7) is -0.438. The van der Waals surface area contributed by atoms with E-state index in [4.69, 9.17) is 0 Å². The predicted octanol–water partition coefficient (Wildman–Crippen LogP) is 4.02. The number of hydrogen-bond acceptors (Lipinski definition) is 4. The van der Waals surface area contributed by atoms with E-state index in [1.54, 1.807) is 0 Å². The van der Waals surface area contributed by atoms with Gasteiger partial charge in [0.15, 0.2) is 0 Å². The number of hydrogen-bond donors (Lipinski definition) is 1. The number of amides is 1. The molecule has 0 radical (unpaired) electrons. The van der Waals surface area contributed by atoms with Gasteiger partial charge in [0.1, 0.15) is 6.54 Å². The van der Waals surface area contributed by atoms with Crippen molar-refractivity contribution in [2.75, 3.05) is 5.32 Å². The molecule has 0 bridgehead atoms. The molecule has 0 fully saturated rings. The fraction of sp³-hybridized carbons (Fsp3) is 0.176. The van der Waals surface area contributed by atoms with E-state index in [1.165, 1.54) is 12.1 Å². The lowest BCUT2D eigenvalue weighted by Gasteiger charge is -2.08. The molecule has 1 aromatic heterocycles. The van der Waals surface area contributed by atoms with Gasteiger partial charge in [-0.05, 0) is 41.6 Å². The molecule has 1 N–H and O–H groups in total. The third-order valence-electron chi connectivity index (χ3n) is 3.68. The Kier molecular flexibility index (Phi) is 5.27. The van der Waals surface area contributed by atoms with Crippen molar-refractivity contribution in [2.24, 2.45) is 0 Å². The maximum absolute atomic E-state index is 12.8. The molecule has 2 aromatic carbocycles. The molecule has 29 heavy (non-hydrogen) atoms. The summed E-state index contributed by atoms with van der Waals surface area (Å²) in [6, 6.07) is 8.10. The van der Waals surface area contributed by atoms with Gasteiger partial charge in [0.05, 0.1) is 11.1 Å². The molecule has 0 aliphatic carbocycles. The van der Waals surface area contributed by atoms with Gasteiger partial charge in [-0.25, -0.2) is 0 Å². The van der Waals surface area contributed by atoms with E-state index in [0.717, 1.165) is 41.2 Å². The summed E-state index contributed by atoms with van der Waals surface area (Å²) in [4.78, 5) is 12.8. The van der Waals surface area contributed by atoms with E-state index in [2.05, 4.69) is 20.7 Å². The molecule has 1 heterocycles. The fourth-order valence-electron chi connectivity index (χ4n) is 2.33. The number of alkyl halides is 6. The predicted molar refractivity (Wildman–Crippen MR) is 88.3 cm³/mol. The molecule has 0 aliphatic heterocycles. The Morgan fingerprint density at radius 3 is 2.21 bits per heavy atom. The van der Waals surface area contributed by atoms with Crippen LogP contribution in [-0.4, -0.2) is 26.1 Å². The van der Waals surface area contributed by atoms with Gasteiger partial charge in [-0.2, -0.15) is 31.1 Å². The zero-order valence-corrected chi connectivity index (χ0v) is 14.3. The zero-order chi connectivity index (χ0) is 21.2. The second kappa shape index (κ2) is 7.53. The smallest absolute Gasteiger partial charge is 0.324 e. The van der Waals surface area contributed by atoms with Gasteiger partial charge in [-0.3, -0.25) is 4.79 Å². The van der Waals surface area contributed by atoms with E-state index in [0.29, 0.717) is 0 Å². The van der Waals surface area contributed by atoms with E-state index in [9.17, 15) is 31.1 Å². The Hall–Kier alpha value is -3.44. The number of aromatic nitrogens is 4. The molecule has 1 amide bonds. The largest absolute Gasteiger partial charge is 0.416 e. The van der Waals surface area contributed by atoms with Crippen molar-refractivity contribution in [3.8, 4) is 11.4 Å². The van der Waals surface area contributed by atoms with Crippen LogP contribution in [0.5, 0.6) is 0 Å². The van der Waals surface area contributed by atoms with Crippen LogP contribution in [0.25, 0.3) is 11.4 Å². The van der Waals surface area contributed by atoms with Crippen LogP contribution in [0, 0.1) is 0 Å². The Labute approximate surface area is 159 Å². The highest BCUT2D eigenvalue weighted by atomic mass is 19.4. The molecule has 0 unspecified atom stereocenters. The quantitative estimate of drug-likeness (QED) is 0.654. The lowest BCUT2D eigenvalue weighted by Crippen LogP contribution is -2.20. The highest BCUT2D eigenvalue weighted by Crippen LogP contribution is 2.31. The Morgan fingerprint density at radius 1 is 0.931 bits per heavy atom. The van der Waals surface area contributed by atoms with Gasteiger partial charge in [-0.1, -0.05) is 12.1 Å². The maximum Gasteiger partial charge on any atom is 0.416 e. The standard InChI is InChI=1S/C17H11F6N5O/c18-16(19,20)11-4-6-13(7-5-11)24-14(29)9-28-26-15(25-27-28)10-2-1-3-12(8-10)17(21,22)23/h1-8H,9H2,(H,24,29). The molecule has 0 spiro atoms. The van der Waals surface area contributed by atoms with E-state index in [1.807, 2.05) is 0 Å². The van der Waals surface area contributed by atoms with Gasteiger partial charge in [0.2, 0.25) is 11.7 Å². The third kappa shape index (κ3) is 5.09. The van der Waals surface area contributed by atoms with Gasteiger partial charge in [0, 0.05) is 11.3 Å². The molecule has 3 rings (SSSR count). The average Bonchev–Trinajstić information content (AvgIpc) is 3.09. The number of tetrazole rings is 1. The monoisotopic (exact) mass is 415 g/mol. The maximum atomic E-state index is 12.8. The summed E-state index contributed by atoms with van der Waals surface area (Å²) in [5.74, 6) is -0.767. The Bertz CT molecular complexity index is 1010. The van der Waals surface area contributed by atoms with Gasteiger partial charge < -0.3 is 5.32 Å². The first-order chi connectivity index (χ1) is 13.5. The van der Waals surface area contributed by atoms with E-state index >= 15 is 0 Å². The molecular formula is C17H11F6N5O. The minimum Gasteiger partial charge on any atom is -0.324 e. The fourth-order valence-corrected chi connectivity index (χ4v) is 2.33. The van der Waals surface area contributed by atoms with Gasteiger partial charge >= 0.3 is 12.4 Å². The van der Waals surface area contributed by atoms with Gasteiger partial charge in [-0.15, -0.1) is 10.2 Å². The van der Waals surface area contributed by atoms with E-state index in [-0.39, 0.29) is 17.1 Å². The number of benzene rings is 2. The van der Waals surface area contributed by atoms with Crippen LogP contribution < -0.4 is 5.32 Å². The minimum atomic E-state index is -4.53. The number of anilines is 1. The SMILES string of the molecule is O=C(Cn1nnc(-c2cccc(C(F)(F)F)c2)n1)Nc1ccc(C(F)(F)F)cc1. The summed E-state index contributed by atoms with van der Waals surface area (Å²) in [6.07, 6.45) is -9.03. The number of carbonyl (C=O) groups is 1. The van der Waals surface area contributed by atoms with Crippen molar-refractivity contribution in [1.82, 2.24) is 20.2 Å². The first-order valence-electron chi connectivity index (χ1n) is 7.95.